The Hall–Kier alpha value is -3.67. The first-order valence-electron chi connectivity index (χ1n) is 9.83. The van der Waals surface area contributed by atoms with Crippen LogP contribution in [0.4, 0.5) is 0 Å². The van der Waals surface area contributed by atoms with Crippen LogP contribution in [-0.2, 0) is 30.4 Å². The Kier molecular flexibility index (Phi) is 10.1. The molecule has 32 heavy (non-hydrogen) atoms. The average Bonchev–Trinajstić information content (AvgIpc) is 2.71. The molecule has 0 aromatic heterocycles. The monoisotopic (exact) mass is 451 g/mol. The van der Waals surface area contributed by atoms with E-state index in [-0.39, 0.29) is 12.2 Å². The maximum absolute atomic E-state index is 12.8. The summed E-state index contributed by atoms with van der Waals surface area (Å²) in [6.45, 7) is 2.83. The minimum Gasteiger partial charge on any atom is -0.508 e. The number of carbonyl (C=O) groups excluding carboxylic acids is 4. The van der Waals surface area contributed by atoms with Crippen LogP contribution in [0.25, 0.3) is 0 Å². The molecule has 0 bridgehead atoms. The number of carboxylic acid groups (broad SMARTS) is 1. The van der Waals surface area contributed by atoms with Gasteiger partial charge in [0.1, 0.15) is 23.9 Å². The molecule has 176 valence electrons. The van der Waals surface area contributed by atoms with E-state index in [9.17, 15) is 34.2 Å². The minimum atomic E-state index is -1.34. The zero-order valence-corrected chi connectivity index (χ0v) is 17.8. The van der Waals surface area contributed by atoms with Crippen molar-refractivity contribution in [3.05, 3.63) is 29.8 Å². The first-order valence-corrected chi connectivity index (χ1v) is 9.83. The highest BCUT2D eigenvalue weighted by atomic mass is 16.4. The standard InChI is InChI=1S/C20H29N5O7/c1-10(2)17(25-18(29)13(8-15(22)27)23-16(28)9-21)19(30)24-14(20(31)32)7-11-3-5-12(26)6-4-11/h3-6,10,13-14,17,26H,7-9,21H2,1-2H3,(H2,22,27)(H,23,28)(H,24,30)(H,25,29)(H,31,32). The highest BCUT2D eigenvalue weighted by Crippen LogP contribution is 2.12. The number of phenols is 1. The Labute approximate surface area is 184 Å². The third-order valence-corrected chi connectivity index (χ3v) is 4.48. The highest BCUT2D eigenvalue weighted by Gasteiger charge is 2.31. The second-order valence-electron chi connectivity index (χ2n) is 7.49. The van der Waals surface area contributed by atoms with Crippen LogP contribution in [0.3, 0.4) is 0 Å². The summed E-state index contributed by atoms with van der Waals surface area (Å²) >= 11 is 0. The fraction of sp³-hybridized carbons (Fsp3) is 0.450. The topological polar surface area (TPSA) is 214 Å². The quantitative estimate of drug-likeness (QED) is 0.187. The van der Waals surface area contributed by atoms with Gasteiger partial charge in [-0.05, 0) is 23.6 Å². The molecule has 0 heterocycles. The molecule has 1 aromatic rings. The van der Waals surface area contributed by atoms with Crippen molar-refractivity contribution in [3.8, 4) is 5.75 Å². The highest BCUT2D eigenvalue weighted by molar-refractivity contribution is 5.95. The van der Waals surface area contributed by atoms with E-state index in [1.807, 2.05) is 0 Å². The van der Waals surface area contributed by atoms with Gasteiger partial charge in [0.25, 0.3) is 0 Å². The Morgan fingerprint density at radius 3 is 2.00 bits per heavy atom. The van der Waals surface area contributed by atoms with E-state index < -0.39 is 66.6 Å². The zero-order valence-electron chi connectivity index (χ0n) is 17.8. The predicted molar refractivity (Wildman–Crippen MR) is 113 cm³/mol. The molecular weight excluding hydrogens is 422 g/mol. The molecule has 0 saturated carbocycles. The molecule has 0 aliphatic heterocycles. The molecule has 9 N–H and O–H groups in total. The maximum atomic E-state index is 12.8. The molecule has 12 nitrogen and oxygen atoms in total. The number of hydrogen-bond donors (Lipinski definition) is 7. The van der Waals surface area contributed by atoms with Crippen molar-refractivity contribution in [1.29, 1.82) is 0 Å². The number of nitrogens with one attached hydrogen (secondary N) is 3. The van der Waals surface area contributed by atoms with Gasteiger partial charge in [0, 0.05) is 6.42 Å². The summed E-state index contributed by atoms with van der Waals surface area (Å²) in [5.74, 6) is -4.89. The molecule has 0 spiro atoms. The van der Waals surface area contributed by atoms with Crippen LogP contribution >= 0.6 is 0 Å². The fourth-order valence-corrected chi connectivity index (χ4v) is 2.78. The number of phenolic OH excluding ortho intramolecular Hbond substituents is 1. The summed E-state index contributed by atoms with van der Waals surface area (Å²) in [4.78, 5) is 59.8. The molecule has 4 amide bonds. The number of aromatic hydroxyl groups is 1. The van der Waals surface area contributed by atoms with E-state index in [4.69, 9.17) is 11.5 Å². The van der Waals surface area contributed by atoms with Crippen molar-refractivity contribution in [2.45, 2.75) is 44.8 Å². The minimum absolute atomic E-state index is 0.0134. The Morgan fingerprint density at radius 1 is 0.938 bits per heavy atom. The number of benzene rings is 1. The van der Waals surface area contributed by atoms with E-state index >= 15 is 0 Å². The number of primary amides is 1. The molecule has 3 atom stereocenters. The van der Waals surface area contributed by atoms with Crippen LogP contribution in [-0.4, -0.2) is 64.5 Å². The summed E-state index contributed by atoms with van der Waals surface area (Å²) < 4.78 is 0. The third kappa shape index (κ3) is 8.60. The van der Waals surface area contributed by atoms with Gasteiger partial charge >= 0.3 is 5.97 Å². The lowest BCUT2D eigenvalue weighted by molar-refractivity contribution is -0.142. The number of carbonyl (C=O) groups is 5. The fourth-order valence-electron chi connectivity index (χ4n) is 2.78. The molecule has 12 heteroatoms. The van der Waals surface area contributed by atoms with Crippen molar-refractivity contribution in [3.63, 3.8) is 0 Å². The lowest BCUT2D eigenvalue weighted by Gasteiger charge is -2.26. The zero-order chi connectivity index (χ0) is 24.4. The number of aliphatic carboxylic acids is 1. The van der Waals surface area contributed by atoms with Gasteiger partial charge in [0.05, 0.1) is 13.0 Å². The molecule has 0 fully saturated rings. The van der Waals surface area contributed by atoms with Gasteiger partial charge in [0.2, 0.25) is 23.6 Å². The Morgan fingerprint density at radius 2 is 1.53 bits per heavy atom. The summed E-state index contributed by atoms with van der Waals surface area (Å²) in [5, 5.41) is 25.9. The largest absolute Gasteiger partial charge is 0.508 e. The van der Waals surface area contributed by atoms with Crippen molar-refractivity contribution in [2.75, 3.05) is 6.54 Å². The van der Waals surface area contributed by atoms with Gasteiger partial charge in [-0.3, -0.25) is 19.2 Å². The molecule has 1 rings (SSSR count). The summed E-state index contributed by atoms with van der Waals surface area (Å²) in [6, 6.07) is 2.02. The van der Waals surface area contributed by atoms with Gasteiger partial charge in [-0.15, -0.1) is 0 Å². The summed E-state index contributed by atoms with van der Waals surface area (Å²) in [5.41, 5.74) is 10.9. The first-order chi connectivity index (χ1) is 14.9. The van der Waals surface area contributed by atoms with Crippen LogP contribution in [0.5, 0.6) is 5.75 Å². The second-order valence-corrected chi connectivity index (χ2v) is 7.49. The summed E-state index contributed by atoms with van der Waals surface area (Å²) in [6.07, 6.45) is -0.570. The van der Waals surface area contributed by atoms with Gasteiger partial charge < -0.3 is 37.6 Å². The van der Waals surface area contributed by atoms with E-state index in [0.29, 0.717) is 5.56 Å². The SMILES string of the molecule is CC(C)C(NC(=O)C(CC(N)=O)NC(=O)CN)C(=O)NC(Cc1ccc(O)cc1)C(=O)O. The van der Waals surface area contributed by atoms with Crippen LogP contribution in [0, 0.1) is 5.92 Å². The van der Waals surface area contributed by atoms with Crippen LogP contribution in [0.15, 0.2) is 24.3 Å². The predicted octanol–water partition coefficient (Wildman–Crippen LogP) is -2.04. The Balaban J connectivity index is 2.94. The van der Waals surface area contributed by atoms with E-state index in [1.165, 1.54) is 24.3 Å². The normalized spacial score (nSPS) is 13.5. The third-order valence-electron chi connectivity index (χ3n) is 4.48. The van der Waals surface area contributed by atoms with Gasteiger partial charge in [-0.25, -0.2) is 4.79 Å². The number of carboxylic acids is 1. The van der Waals surface area contributed by atoms with E-state index in [1.54, 1.807) is 13.8 Å². The van der Waals surface area contributed by atoms with Crippen molar-refractivity contribution in [2.24, 2.45) is 17.4 Å². The number of hydrogen-bond acceptors (Lipinski definition) is 7. The Bertz CT molecular complexity index is 841. The molecule has 3 unspecified atom stereocenters. The van der Waals surface area contributed by atoms with Gasteiger partial charge in [-0.2, -0.15) is 0 Å². The van der Waals surface area contributed by atoms with Crippen LogP contribution in [0.2, 0.25) is 0 Å². The van der Waals surface area contributed by atoms with Crippen LogP contribution in [0.1, 0.15) is 25.8 Å². The van der Waals surface area contributed by atoms with E-state index in [0.717, 1.165) is 0 Å². The molecule has 0 aliphatic rings. The molecular formula is C20H29N5O7. The second kappa shape index (κ2) is 12.2. The lowest BCUT2D eigenvalue weighted by atomic mass is 10.0. The number of nitrogens with two attached hydrogens (primary N) is 2. The average molecular weight is 451 g/mol. The van der Waals surface area contributed by atoms with Gasteiger partial charge in [0.15, 0.2) is 0 Å². The molecule has 0 aliphatic carbocycles. The smallest absolute Gasteiger partial charge is 0.326 e. The maximum Gasteiger partial charge on any atom is 0.326 e. The van der Waals surface area contributed by atoms with Crippen LogP contribution < -0.4 is 27.4 Å². The molecule has 0 radical (unpaired) electrons. The van der Waals surface area contributed by atoms with Gasteiger partial charge in [-0.1, -0.05) is 26.0 Å². The van der Waals surface area contributed by atoms with Crippen molar-refractivity contribution < 1.29 is 34.2 Å². The number of rotatable bonds is 12. The first kappa shape index (κ1) is 26.4. The van der Waals surface area contributed by atoms with E-state index in [2.05, 4.69) is 16.0 Å². The van der Waals surface area contributed by atoms with Crippen molar-refractivity contribution in [1.82, 2.24) is 16.0 Å². The summed E-state index contributed by atoms with van der Waals surface area (Å²) in [7, 11) is 0. The lowest BCUT2D eigenvalue weighted by Crippen LogP contribution is -2.58. The van der Waals surface area contributed by atoms with Crippen molar-refractivity contribution >= 4 is 29.6 Å². The number of amides is 4. The molecule has 0 saturated heterocycles. The molecule has 1 aromatic carbocycles.